The van der Waals surface area contributed by atoms with Crippen molar-refractivity contribution in [2.45, 2.75) is 31.4 Å². The molecule has 3 aliphatic rings. The molecular weight excluding hydrogens is 480 g/mol. The standard InChI is InChI=1S/C29H24N6O3/c1-30-20-6-8-23(25(11-20)28-33-31-16-34(28)2)19-9-26(17-3-4-17)32-27(10-19)35-13-18-5-7-21(12-24(18)29(35)36)37-14-22-15-38-22/h5-12,16-17,22H,3-4,13-15H2,2H3/t22-/m1/s1. The Balaban J connectivity index is 1.28. The lowest BCUT2D eigenvalue weighted by Crippen LogP contribution is -2.24. The second-order valence-corrected chi connectivity index (χ2v) is 10.00. The van der Waals surface area contributed by atoms with Gasteiger partial charge in [0.05, 0.1) is 19.7 Å². The van der Waals surface area contributed by atoms with Crippen molar-refractivity contribution in [1.82, 2.24) is 19.7 Å². The van der Waals surface area contributed by atoms with Crippen molar-refractivity contribution in [3.8, 4) is 28.3 Å². The molecule has 0 N–H and O–H groups in total. The van der Waals surface area contributed by atoms with Crippen molar-refractivity contribution in [3.63, 3.8) is 0 Å². The van der Waals surface area contributed by atoms with Crippen molar-refractivity contribution in [1.29, 1.82) is 0 Å². The Morgan fingerprint density at radius 3 is 2.71 bits per heavy atom. The Morgan fingerprint density at radius 1 is 1.11 bits per heavy atom. The fourth-order valence-corrected chi connectivity index (χ4v) is 4.89. The van der Waals surface area contributed by atoms with Crippen molar-refractivity contribution in [2.24, 2.45) is 7.05 Å². The van der Waals surface area contributed by atoms with Gasteiger partial charge in [0.25, 0.3) is 5.91 Å². The maximum Gasteiger partial charge on any atom is 0.260 e. The maximum atomic E-state index is 13.6. The molecule has 1 amide bonds. The van der Waals surface area contributed by atoms with Crippen LogP contribution in [0.2, 0.25) is 0 Å². The number of fused-ring (bicyclic) bond motifs is 1. The first kappa shape index (κ1) is 22.6. The Morgan fingerprint density at radius 2 is 1.97 bits per heavy atom. The lowest BCUT2D eigenvalue weighted by Gasteiger charge is -2.18. The van der Waals surface area contributed by atoms with E-state index < -0.39 is 0 Å². The van der Waals surface area contributed by atoms with Gasteiger partial charge in [0.15, 0.2) is 11.5 Å². The molecule has 1 saturated carbocycles. The minimum atomic E-state index is -0.0867. The molecule has 1 aliphatic carbocycles. The maximum absolute atomic E-state index is 13.6. The number of carbonyl (C=O) groups is 1. The second-order valence-electron chi connectivity index (χ2n) is 10.00. The molecule has 2 aromatic carbocycles. The second kappa shape index (κ2) is 8.78. The van der Waals surface area contributed by atoms with Gasteiger partial charge in [0.2, 0.25) is 0 Å². The Labute approximate surface area is 219 Å². The van der Waals surface area contributed by atoms with Gasteiger partial charge in [-0.15, -0.1) is 10.2 Å². The van der Waals surface area contributed by atoms with Crippen LogP contribution in [-0.4, -0.2) is 45.0 Å². The van der Waals surface area contributed by atoms with Crippen LogP contribution in [0.3, 0.4) is 0 Å². The fraction of sp³-hybridized carbons (Fsp3) is 0.276. The van der Waals surface area contributed by atoms with Crippen molar-refractivity contribution in [3.05, 3.63) is 83.1 Å². The first-order chi connectivity index (χ1) is 18.6. The number of hydrogen-bond donors (Lipinski definition) is 0. The SMILES string of the molecule is [C-]#[N+]c1ccc(-c2cc(C3CC3)nc(N3Cc4ccc(OC[C@@H]5CO5)cc4C3=O)c2)c(-c2nncn2C)c1. The van der Waals surface area contributed by atoms with Crippen LogP contribution in [0.5, 0.6) is 5.75 Å². The lowest BCUT2D eigenvalue weighted by molar-refractivity contribution is 0.0995. The first-order valence-electron chi connectivity index (χ1n) is 12.6. The summed E-state index contributed by atoms with van der Waals surface area (Å²) in [5, 5.41) is 8.35. The molecule has 4 aromatic rings. The number of carbonyl (C=O) groups excluding carboxylic acids is 1. The third-order valence-corrected chi connectivity index (χ3v) is 7.22. The number of hydrogen-bond acceptors (Lipinski definition) is 6. The number of anilines is 1. The van der Waals surface area contributed by atoms with E-state index in [4.69, 9.17) is 21.0 Å². The molecule has 0 radical (unpaired) electrons. The number of benzene rings is 2. The highest BCUT2D eigenvalue weighted by atomic mass is 16.6. The quantitative estimate of drug-likeness (QED) is 0.262. The molecule has 2 fully saturated rings. The summed E-state index contributed by atoms with van der Waals surface area (Å²) in [5.41, 5.74) is 5.76. The number of aromatic nitrogens is 4. The molecule has 1 atom stereocenters. The van der Waals surface area contributed by atoms with E-state index in [-0.39, 0.29) is 12.0 Å². The summed E-state index contributed by atoms with van der Waals surface area (Å²) in [7, 11) is 1.88. The highest BCUT2D eigenvalue weighted by molar-refractivity contribution is 6.10. The molecule has 0 unspecified atom stereocenters. The van der Waals surface area contributed by atoms with Gasteiger partial charge >= 0.3 is 0 Å². The number of pyridine rings is 1. The molecule has 9 heteroatoms. The third kappa shape index (κ3) is 4.09. The van der Waals surface area contributed by atoms with Crippen LogP contribution in [0, 0.1) is 6.57 Å². The van der Waals surface area contributed by atoms with Gasteiger partial charge in [-0.05, 0) is 59.9 Å². The van der Waals surface area contributed by atoms with Crippen molar-refractivity contribution >= 4 is 17.4 Å². The van der Waals surface area contributed by atoms with Gasteiger partial charge < -0.3 is 14.0 Å². The molecule has 0 spiro atoms. The molecule has 9 nitrogen and oxygen atoms in total. The van der Waals surface area contributed by atoms with E-state index in [1.54, 1.807) is 11.2 Å². The summed E-state index contributed by atoms with van der Waals surface area (Å²) in [6, 6.07) is 15.3. The first-order valence-corrected chi connectivity index (χ1v) is 12.6. The average molecular weight is 505 g/mol. The molecule has 2 aliphatic heterocycles. The van der Waals surface area contributed by atoms with Gasteiger partial charge in [0, 0.05) is 29.8 Å². The van der Waals surface area contributed by atoms with Gasteiger partial charge in [-0.1, -0.05) is 18.2 Å². The van der Waals surface area contributed by atoms with Gasteiger partial charge in [-0.2, -0.15) is 0 Å². The largest absolute Gasteiger partial charge is 0.491 e. The number of rotatable bonds is 7. The number of nitrogens with zero attached hydrogens (tertiary/aromatic N) is 6. The van der Waals surface area contributed by atoms with Gasteiger partial charge in [0.1, 0.15) is 30.6 Å². The van der Waals surface area contributed by atoms with E-state index in [0.29, 0.717) is 47.7 Å². The molecular formula is C29H24N6O3. The number of ether oxygens (including phenoxy) is 2. The smallest absolute Gasteiger partial charge is 0.260 e. The minimum Gasteiger partial charge on any atom is -0.491 e. The highest BCUT2D eigenvalue weighted by Crippen LogP contribution is 2.43. The Kier molecular flexibility index (Phi) is 5.23. The van der Waals surface area contributed by atoms with Crippen LogP contribution >= 0.6 is 0 Å². The monoisotopic (exact) mass is 504 g/mol. The predicted molar refractivity (Wildman–Crippen MR) is 140 cm³/mol. The summed E-state index contributed by atoms with van der Waals surface area (Å²) < 4.78 is 12.9. The predicted octanol–water partition coefficient (Wildman–Crippen LogP) is 4.91. The van der Waals surface area contributed by atoms with E-state index in [0.717, 1.165) is 47.4 Å². The van der Waals surface area contributed by atoms with Crippen LogP contribution in [0.25, 0.3) is 27.4 Å². The van der Waals surface area contributed by atoms with Crippen molar-refractivity contribution < 1.29 is 14.3 Å². The van der Waals surface area contributed by atoms with E-state index in [1.165, 1.54) is 0 Å². The van der Waals surface area contributed by atoms with E-state index in [1.807, 2.05) is 54.1 Å². The molecule has 38 heavy (non-hydrogen) atoms. The van der Waals surface area contributed by atoms with E-state index >= 15 is 0 Å². The van der Waals surface area contributed by atoms with Crippen LogP contribution < -0.4 is 9.64 Å². The summed E-state index contributed by atoms with van der Waals surface area (Å²) in [6.45, 7) is 9.17. The molecule has 2 aromatic heterocycles. The summed E-state index contributed by atoms with van der Waals surface area (Å²) in [5.74, 6) is 2.27. The van der Waals surface area contributed by atoms with E-state index in [9.17, 15) is 4.79 Å². The molecule has 1 saturated heterocycles. The number of amides is 1. The normalized spacial score (nSPS) is 17.8. The molecule has 188 valence electrons. The molecule has 4 heterocycles. The van der Waals surface area contributed by atoms with Gasteiger partial charge in [-0.3, -0.25) is 9.69 Å². The average Bonchev–Trinajstić information content (AvgIpc) is 3.88. The topological polar surface area (TPSA) is 90.0 Å². The zero-order valence-corrected chi connectivity index (χ0v) is 20.8. The molecule has 7 rings (SSSR count). The minimum absolute atomic E-state index is 0.0867. The zero-order valence-electron chi connectivity index (χ0n) is 20.8. The van der Waals surface area contributed by atoms with Crippen LogP contribution in [-0.2, 0) is 18.3 Å². The Bertz CT molecular complexity index is 1630. The lowest BCUT2D eigenvalue weighted by atomic mass is 9.97. The summed E-state index contributed by atoms with van der Waals surface area (Å²) in [4.78, 5) is 23.9. The summed E-state index contributed by atoms with van der Waals surface area (Å²) in [6.07, 6.45) is 3.97. The molecule has 0 bridgehead atoms. The van der Waals surface area contributed by atoms with Crippen LogP contribution in [0.1, 0.15) is 40.4 Å². The zero-order chi connectivity index (χ0) is 25.8. The van der Waals surface area contributed by atoms with E-state index in [2.05, 4.69) is 21.1 Å². The number of epoxide rings is 1. The number of aryl methyl sites for hydroxylation is 1. The third-order valence-electron chi connectivity index (χ3n) is 7.22. The Hall–Kier alpha value is -4.55. The fourth-order valence-electron chi connectivity index (χ4n) is 4.89. The summed E-state index contributed by atoms with van der Waals surface area (Å²) >= 11 is 0. The highest BCUT2D eigenvalue weighted by Gasteiger charge is 2.33. The van der Waals surface area contributed by atoms with Crippen molar-refractivity contribution in [2.75, 3.05) is 18.1 Å². The van der Waals surface area contributed by atoms with Gasteiger partial charge in [-0.25, -0.2) is 9.83 Å². The van der Waals surface area contributed by atoms with Crippen LogP contribution in [0.4, 0.5) is 11.5 Å². The van der Waals surface area contributed by atoms with Crippen LogP contribution in [0.15, 0.2) is 54.9 Å².